The molecule has 3 aromatic rings. The lowest BCUT2D eigenvalue weighted by Gasteiger charge is -2.18. The van der Waals surface area contributed by atoms with E-state index in [1.807, 2.05) is 37.4 Å². The minimum absolute atomic E-state index is 0.135. The molecule has 0 saturated carbocycles. The molecule has 1 atom stereocenters. The first kappa shape index (κ1) is 13.2. The number of anilines is 1. The third-order valence-electron chi connectivity index (χ3n) is 3.53. The van der Waals surface area contributed by atoms with Crippen molar-refractivity contribution in [3.8, 4) is 11.5 Å². The predicted octanol–water partition coefficient (Wildman–Crippen LogP) is 3.82. The number of phenolic OH excluding ortho intramolecular Hbond substituents is 2. The summed E-state index contributed by atoms with van der Waals surface area (Å²) in [5, 5.41) is 25.0. The molecule has 3 rings (SSSR count). The van der Waals surface area contributed by atoms with E-state index in [0.29, 0.717) is 5.56 Å². The Morgan fingerprint density at radius 2 is 1.95 bits per heavy atom. The molecule has 0 aliphatic heterocycles. The molecule has 0 radical (unpaired) electrons. The summed E-state index contributed by atoms with van der Waals surface area (Å²) in [6.07, 6.45) is 3.57. The van der Waals surface area contributed by atoms with E-state index >= 15 is 0 Å². The maximum absolute atomic E-state index is 9.93. The molecule has 2 aromatic carbocycles. The third-order valence-corrected chi connectivity index (χ3v) is 3.53. The van der Waals surface area contributed by atoms with Crippen molar-refractivity contribution in [1.82, 2.24) is 4.98 Å². The van der Waals surface area contributed by atoms with Gasteiger partial charge in [0.1, 0.15) is 11.5 Å². The van der Waals surface area contributed by atoms with Crippen molar-refractivity contribution < 1.29 is 10.2 Å². The van der Waals surface area contributed by atoms with Crippen molar-refractivity contribution in [2.24, 2.45) is 0 Å². The number of fused-ring (bicyclic) bond motifs is 1. The summed E-state index contributed by atoms with van der Waals surface area (Å²) in [4.78, 5) is 4.16. The van der Waals surface area contributed by atoms with Gasteiger partial charge < -0.3 is 15.5 Å². The van der Waals surface area contributed by atoms with Crippen LogP contribution < -0.4 is 5.32 Å². The fourth-order valence-corrected chi connectivity index (χ4v) is 2.44. The molecule has 0 saturated heterocycles. The van der Waals surface area contributed by atoms with E-state index in [9.17, 15) is 10.2 Å². The van der Waals surface area contributed by atoms with Crippen molar-refractivity contribution in [3.63, 3.8) is 0 Å². The number of aromatic hydroxyl groups is 2. The number of hydrogen-bond acceptors (Lipinski definition) is 4. The number of phenols is 2. The van der Waals surface area contributed by atoms with Crippen LogP contribution in [0.15, 0.2) is 54.9 Å². The SMILES string of the molecule is CC(Nc1cccc2ccncc12)c1cc(O)ccc1O. The van der Waals surface area contributed by atoms with E-state index in [-0.39, 0.29) is 17.5 Å². The summed E-state index contributed by atoms with van der Waals surface area (Å²) in [5.74, 6) is 0.294. The summed E-state index contributed by atoms with van der Waals surface area (Å²) >= 11 is 0. The number of aromatic nitrogens is 1. The first-order valence-corrected chi connectivity index (χ1v) is 6.76. The van der Waals surface area contributed by atoms with E-state index in [1.54, 1.807) is 12.3 Å². The van der Waals surface area contributed by atoms with Gasteiger partial charge in [-0.15, -0.1) is 0 Å². The van der Waals surface area contributed by atoms with E-state index in [4.69, 9.17) is 0 Å². The van der Waals surface area contributed by atoms with Crippen LogP contribution in [0.5, 0.6) is 11.5 Å². The molecule has 0 fully saturated rings. The average Bonchev–Trinajstić information content (AvgIpc) is 2.50. The van der Waals surface area contributed by atoms with Crippen molar-refractivity contribution in [2.45, 2.75) is 13.0 Å². The van der Waals surface area contributed by atoms with Gasteiger partial charge in [-0.05, 0) is 42.6 Å². The molecule has 1 aromatic heterocycles. The van der Waals surface area contributed by atoms with Gasteiger partial charge in [0.05, 0.1) is 6.04 Å². The Morgan fingerprint density at radius 1 is 1.10 bits per heavy atom. The largest absolute Gasteiger partial charge is 0.508 e. The quantitative estimate of drug-likeness (QED) is 0.638. The zero-order valence-electron chi connectivity index (χ0n) is 11.6. The standard InChI is InChI=1S/C17H16N2O2/c1-11(14-9-13(20)5-6-17(14)21)19-16-4-2-3-12-7-8-18-10-15(12)16/h2-11,19-21H,1H3. The predicted molar refractivity (Wildman–Crippen MR) is 83.6 cm³/mol. The number of hydrogen-bond donors (Lipinski definition) is 3. The highest BCUT2D eigenvalue weighted by Gasteiger charge is 2.12. The van der Waals surface area contributed by atoms with Gasteiger partial charge in [-0.3, -0.25) is 4.98 Å². The smallest absolute Gasteiger partial charge is 0.121 e. The maximum atomic E-state index is 9.93. The Hall–Kier alpha value is -2.75. The summed E-state index contributed by atoms with van der Waals surface area (Å²) in [5.41, 5.74) is 1.59. The lowest BCUT2D eigenvalue weighted by molar-refractivity contribution is 0.451. The van der Waals surface area contributed by atoms with Crippen LogP contribution in [0.1, 0.15) is 18.5 Å². The Morgan fingerprint density at radius 3 is 2.81 bits per heavy atom. The normalized spacial score (nSPS) is 12.2. The minimum Gasteiger partial charge on any atom is -0.508 e. The van der Waals surface area contributed by atoms with Crippen LogP contribution in [0.4, 0.5) is 5.69 Å². The molecule has 0 amide bonds. The molecule has 3 N–H and O–H groups in total. The molecule has 106 valence electrons. The van der Waals surface area contributed by atoms with Crippen LogP contribution in [-0.2, 0) is 0 Å². The second-order valence-electron chi connectivity index (χ2n) is 5.01. The van der Waals surface area contributed by atoms with Gasteiger partial charge in [0.15, 0.2) is 0 Å². The number of nitrogens with one attached hydrogen (secondary N) is 1. The van der Waals surface area contributed by atoms with E-state index in [2.05, 4.69) is 10.3 Å². The van der Waals surface area contributed by atoms with Crippen molar-refractivity contribution in [3.05, 3.63) is 60.4 Å². The van der Waals surface area contributed by atoms with Crippen LogP contribution in [0, 0.1) is 0 Å². The molecule has 0 spiro atoms. The molecule has 1 unspecified atom stereocenters. The zero-order valence-corrected chi connectivity index (χ0v) is 11.6. The molecular weight excluding hydrogens is 264 g/mol. The summed E-state index contributed by atoms with van der Waals surface area (Å²) in [6, 6.07) is 12.3. The van der Waals surface area contributed by atoms with Crippen LogP contribution in [0.2, 0.25) is 0 Å². The highest BCUT2D eigenvalue weighted by Crippen LogP contribution is 2.32. The van der Waals surface area contributed by atoms with Gasteiger partial charge in [0.2, 0.25) is 0 Å². The topological polar surface area (TPSA) is 65.4 Å². The average molecular weight is 280 g/mol. The monoisotopic (exact) mass is 280 g/mol. The minimum atomic E-state index is -0.150. The Kier molecular flexibility index (Phi) is 3.36. The Labute approximate surface area is 122 Å². The fraction of sp³-hybridized carbons (Fsp3) is 0.118. The zero-order chi connectivity index (χ0) is 14.8. The second kappa shape index (κ2) is 5.32. The van der Waals surface area contributed by atoms with E-state index < -0.39 is 0 Å². The summed E-state index contributed by atoms with van der Waals surface area (Å²) in [7, 11) is 0. The fourth-order valence-electron chi connectivity index (χ4n) is 2.44. The molecule has 1 heterocycles. The molecule has 4 nitrogen and oxygen atoms in total. The van der Waals surface area contributed by atoms with Crippen LogP contribution >= 0.6 is 0 Å². The maximum Gasteiger partial charge on any atom is 0.121 e. The van der Waals surface area contributed by atoms with Crippen molar-refractivity contribution in [2.75, 3.05) is 5.32 Å². The molecule has 0 aliphatic rings. The van der Waals surface area contributed by atoms with Gasteiger partial charge in [-0.25, -0.2) is 0 Å². The van der Waals surface area contributed by atoms with Gasteiger partial charge >= 0.3 is 0 Å². The highest BCUT2D eigenvalue weighted by molar-refractivity contribution is 5.93. The molecular formula is C17H16N2O2. The van der Waals surface area contributed by atoms with Crippen molar-refractivity contribution >= 4 is 16.5 Å². The van der Waals surface area contributed by atoms with Gasteiger partial charge in [0, 0.05) is 29.0 Å². The molecule has 21 heavy (non-hydrogen) atoms. The first-order valence-electron chi connectivity index (χ1n) is 6.76. The number of rotatable bonds is 3. The molecule has 0 aliphatic carbocycles. The summed E-state index contributed by atoms with van der Waals surface area (Å²) < 4.78 is 0. The van der Waals surface area contributed by atoms with E-state index in [1.165, 1.54) is 12.1 Å². The lowest BCUT2D eigenvalue weighted by atomic mass is 10.1. The highest BCUT2D eigenvalue weighted by atomic mass is 16.3. The summed E-state index contributed by atoms with van der Waals surface area (Å²) in [6.45, 7) is 1.93. The van der Waals surface area contributed by atoms with Crippen LogP contribution in [0.3, 0.4) is 0 Å². The Balaban J connectivity index is 1.96. The Bertz CT molecular complexity index is 781. The third kappa shape index (κ3) is 2.60. The van der Waals surface area contributed by atoms with Crippen LogP contribution in [0.25, 0.3) is 10.8 Å². The lowest BCUT2D eigenvalue weighted by Crippen LogP contribution is -2.07. The van der Waals surface area contributed by atoms with E-state index in [0.717, 1.165) is 16.5 Å². The second-order valence-corrected chi connectivity index (χ2v) is 5.01. The molecule has 4 heteroatoms. The van der Waals surface area contributed by atoms with Crippen molar-refractivity contribution in [1.29, 1.82) is 0 Å². The number of nitrogens with zero attached hydrogens (tertiary/aromatic N) is 1. The first-order chi connectivity index (χ1) is 10.1. The van der Waals surface area contributed by atoms with Crippen LogP contribution in [-0.4, -0.2) is 15.2 Å². The van der Waals surface area contributed by atoms with Gasteiger partial charge in [0.25, 0.3) is 0 Å². The number of benzene rings is 2. The van der Waals surface area contributed by atoms with Gasteiger partial charge in [-0.2, -0.15) is 0 Å². The number of pyridine rings is 1. The van der Waals surface area contributed by atoms with Gasteiger partial charge in [-0.1, -0.05) is 12.1 Å². The molecule has 0 bridgehead atoms.